The molecule has 0 aliphatic heterocycles. The van der Waals surface area contributed by atoms with Gasteiger partial charge in [-0.2, -0.15) is 0 Å². The van der Waals surface area contributed by atoms with Crippen LogP contribution in [0.1, 0.15) is 0 Å². The van der Waals surface area contributed by atoms with Gasteiger partial charge in [0, 0.05) is 28.9 Å². The Morgan fingerprint density at radius 2 is 1.07 bits per heavy atom. The molecule has 27 heavy (non-hydrogen) atoms. The molecule has 0 saturated carbocycles. The molecule has 0 N–H and O–H groups in total. The Morgan fingerprint density at radius 3 is 1.74 bits per heavy atom. The summed E-state index contributed by atoms with van der Waals surface area (Å²) in [6.45, 7) is 0. The minimum atomic E-state index is -0.575. The number of hydrogen-bond acceptors (Lipinski definition) is 0. The summed E-state index contributed by atoms with van der Waals surface area (Å²) in [6.07, 6.45) is 0. The average molecular weight is 365 g/mol. The van der Waals surface area contributed by atoms with Gasteiger partial charge in [0.25, 0.3) is 0 Å². The zero-order valence-electron chi connectivity index (χ0n) is 15.2. The van der Waals surface area contributed by atoms with Gasteiger partial charge in [0.2, 0.25) is 0 Å². The van der Waals surface area contributed by atoms with E-state index in [1.807, 2.05) is 0 Å². The van der Waals surface area contributed by atoms with Crippen LogP contribution in [-0.2, 0) is 7.05 Å². The van der Waals surface area contributed by atoms with Crippen molar-refractivity contribution in [2.45, 2.75) is 0 Å². The summed E-state index contributed by atoms with van der Waals surface area (Å²) in [5.74, 6) is 0. The lowest BCUT2D eigenvalue weighted by atomic mass is 10.1. The van der Waals surface area contributed by atoms with Crippen LogP contribution in [0.3, 0.4) is 0 Å². The molecule has 0 spiro atoms. The van der Waals surface area contributed by atoms with Crippen LogP contribution < -0.4 is 15.9 Å². The van der Waals surface area contributed by atoms with E-state index < -0.39 is 7.92 Å². The van der Waals surface area contributed by atoms with Gasteiger partial charge in [-0.15, -0.1) is 0 Å². The smallest absolute Gasteiger partial charge is 0.0489 e. The highest BCUT2D eigenvalue weighted by molar-refractivity contribution is 7.79. The van der Waals surface area contributed by atoms with E-state index in [-0.39, 0.29) is 0 Å². The van der Waals surface area contributed by atoms with Gasteiger partial charge in [-0.25, -0.2) is 0 Å². The first-order valence-corrected chi connectivity index (χ1v) is 10.5. The van der Waals surface area contributed by atoms with E-state index in [2.05, 4.69) is 115 Å². The summed E-state index contributed by atoms with van der Waals surface area (Å²) in [5, 5.41) is 6.83. The molecule has 0 saturated heterocycles. The Kier molecular flexibility index (Phi) is 4.03. The van der Waals surface area contributed by atoms with Gasteiger partial charge >= 0.3 is 0 Å². The fourth-order valence-corrected chi connectivity index (χ4v) is 6.21. The number of fused-ring (bicyclic) bond motifs is 3. The van der Waals surface area contributed by atoms with Crippen LogP contribution in [-0.4, -0.2) is 4.57 Å². The Bertz CT molecular complexity index is 1180. The Hall–Kier alpha value is -2.89. The van der Waals surface area contributed by atoms with Crippen molar-refractivity contribution >= 4 is 45.6 Å². The molecule has 0 aliphatic rings. The van der Waals surface area contributed by atoms with Crippen LogP contribution in [0.25, 0.3) is 21.8 Å². The van der Waals surface area contributed by atoms with Gasteiger partial charge in [-0.3, -0.25) is 0 Å². The molecular formula is C25H20NP. The second kappa shape index (κ2) is 6.68. The summed E-state index contributed by atoms with van der Waals surface area (Å²) in [4.78, 5) is 0. The summed E-state index contributed by atoms with van der Waals surface area (Å²) in [6, 6.07) is 37.5. The van der Waals surface area contributed by atoms with Gasteiger partial charge < -0.3 is 4.57 Å². The van der Waals surface area contributed by atoms with Gasteiger partial charge in [-0.1, -0.05) is 84.9 Å². The molecule has 1 nitrogen and oxygen atoms in total. The standard InChI is InChI=1S/C25H20NP/c1-26-24-15-9-8-14-22(24)23-18-21(16-17-25(23)26)27(19-10-4-2-5-11-19)20-12-6-3-7-13-20/h2-18H,1H3. The highest BCUT2D eigenvalue weighted by Crippen LogP contribution is 2.35. The molecule has 5 rings (SSSR count). The fraction of sp³-hybridized carbons (Fsp3) is 0.0400. The minimum Gasteiger partial charge on any atom is -0.344 e. The third kappa shape index (κ3) is 2.76. The number of nitrogens with zero attached hydrogens (tertiary/aromatic N) is 1. The molecule has 5 aromatic rings. The highest BCUT2D eigenvalue weighted by Gasteiger charge is 2.18. The van der Waals surface area contributed by atoms with Gasteiger partial charge in [0.1, 0.15) is 0 Å². The molecule has 0 fully saturated rings. The molecule has 0 amide bonds. The molecule has 0 aliphatic carbocycles. The van der Waals surface area contributed by atoms with E-state index in [1.54, 1.807) is 0 Å². The molecule has 0 atom stereocenters. The first-order valence-electron chi connectivity index (χ1n) is 9.20. The van der Waals surface area contributed by atoms with Crippen LogP contribution in [0.4, 0.5) is 0 Å². The van der Waals surface area contributed by atoms with E-state index in [4.69, 9.17) is 0 Å². The zero-order valence-corrected chi connectivity index (χ0v) is 16.1. The summed E-state index contributed by atoms with van der Waals surface area (Å²) < 4.78 is 2.29. The third-order valence-corrected chi connectivity index (χ3v) is 7.61. The number of benzene rings is 4. The maximum atomic E-state index is 2.41. The highest BCUT2D eigenvalue weighted by atomic mass is 31.1. The molecule has 0 unspecified atom stereocenters. The lowest BCUT2D eigenvalue weighted by Crippen LogP contribution is -2.20. The van der Waals surface area contributed by atoms with Crippen molar-refractivity contribution < 1.29 is 0 Å². The molecule has 130 valence electrons. The van der Waals surface area contributed by atoms with Crippen molar-refractivity contribution in [3.8, 4) is 0 Å². The zero-order chi connectivity index (χ0) is 18.2. The molecular weight excluding hydrogens is 345 g/mol. The van der Waals surface area contributed by atoms with E-state index in [9.17, 15) is 0 Å². The maximum absolute atomic E-state index is 2.41. The summed E-state index contributed by atoms with van der Waals surface area (Å²) >= 11 is 0. The number of para-hydroxylation sites is 1. The first-order chi connectivity index (χ1) is 13.3. The van der Waals surface area contributed by atoms with Crippen molar-refractivity contribution in [3.05, 3.63) is 103 Å². The predicted molar refractivity (Wildman–Crippen MR) is 119 cm³/mol. The second-order valence-electron chi connectivity index (χ2n) is 6.78. The van der Waals surface area contributed by atoms with Gasteiger partial charge in [-0.05, 0) is 42.0 Å². The quantitative estimate of drug-likeness (QED) is 0.393. The monoisotopic (exact) mass is 365 g/mol. The summed E-state index contributed by atoms with van der Waals surface area (Å²) in [7, 11) is 1.58. The lowest BCUT2D eigenvalue weighted by Gasteiger charge is -2.19. The normalized spacial score (nSPS) is 11.5. The Balaban J connectivity index is 1.77. The van der Waals surface area contributed by atoms with Crippen LogP contribution >= 0.6 is 7.92 Å². The van der Waals surface area contributed by atoms with E-state index in [0.717, 1.165) is 0 Å². The number of aryl methyl sites for hydroxylation is 1. The Morgan fingerprint density at radius 1 is 0.519 bits per heavy atom. The van der Waals surface area contributed by atoms with Crippen molar-refractivity contribution in [1.82, 2.24) is 4.57 Å². The summed E-state index contributed by atoms with van der Waals surface area (Å²) in [5.41, 5.74) is 2.57. The van der Waals surface area contributed by atoms with Gasteiger partial charge in [0.15, 0.2) is 0 Å². The third-order valence-electron chi connectivity index (χ3n) is 5.18. The topological polar surface area (TPSA) is 4.93 Å². The molecule has 0 radical (unpaired) electrons. The second-order valence-corrected chi connectivity index (χ2v) is 9.00. The van der Waals surface area contributed by atoms with Crippen molar-refractivity contribution in [3.63, 3.8) is 0 Å². The Labute approximate surface area is 160 Å². The molecule has 0 bridgehead atoms. The van der Waals surface area contributed by atoms with Crippen LogP contribution in [0.15, 0.2) is 103 Å². The van der Waals surface area contributed by atoms with Crippen molar-refractivity contribution in [2.24, 2.45) is 7.05 Å². The van der Waals surface area contributed by atoms with Crippen LogP contribution in [0.2, 0.25) is 0 Å². The molecule has 4 aromatic carbocycles. The number of hydrogen-bond donors (Lipinski definition) is 0. The van der Waals surface area contributed by atoms with Crippen LogP contribution in [0.5, 0.6) is 0 Å². The van der Waals surface area contributed by atoms with Gasteiger partial charge in [0.05, 0.1) is 0 Å². The minimum absolute atomic E-state index is 0.575. The molecule has 1 heterocycles. The van der Waals surface area contributed by atoms with E-state index in [1.165, 1.54) is 37.7 Å². The molecule has 2 heteroatoms. The van der Waals surface area contributed by atoms with Crippen molar-refractivity contribution in [1.29, 1.82) is 0 Å². The fourth-order valence-electron chi connectivity index (χ4n) is 3.90. The number of rotatable bonds is 3. The first kappa shape index (κ1) is 16.3. The maximum Gasteiger partial charge on any atom is 0.0489 e. The lowest BCUT2D eigenvalue weighted by molar-refractivity contribution is 1.01. The predicted octanol–water partition coefficient (Wildman–Crippen LogP) is 5.09. The largest absolute Gasteiger partial charge is 0.344 e. The van der Waals surface area contributed by atoms with Crippen molar-refractivity contribution in [2.75, 3.05) is 0 Å². The van der Waals surface area contributed by atoms with E-state index in [0.29, 0.717) is 0 Å². The van der Waals surface area contributed by atoms with Crippen LogP contribution in [0, 0.1) is 0 Å². The SMILES string of the molecule is Cn1c2ccccc2c2cc(P(c3ccccc3)c3ccccc3)ccc21. The molecule has 1 aromatic heterocycles. The number of aromatic nitrogens is 1. The average Bonchev–Trinajstić information content (AvgIpc) is 3.02. The van der Waals surface area contributed by atoms with E-state index >= 15 is 0 Å².